The Hall–Kier alpha value is -2.41. The molecule has 0 radical (unpaired) electrons. The lowest BCUT2D eigenvalue weighted by atomic mass is 9.73. The fraction of sp³-hybridized carbons (Fsp3) is 0.500. The van der Waals surface area contributed by atoms with Crippen molar-refractivity contribution in [3.63, 3.8) is 0 Å². The number of hydrogen-bond acceptors (Lipinski definition) is 4. The monoisotopic (exact) mass is 345 g/mol. The molecule has 7 heteroatoms. The van der Waals surface area contributed by atoms with Crippen LogP contribution in [-0.4, -0.2) is 52.0 Å². The molecular weight excluding hydrogens is 322 g/mol. The van der Waals surface area contributed by atoms with Gasteiger partial charge >= 0.3 is 0 Å². The van der Waals surface area contributed by atoms with Gasteiger partial charge in [0.05, 0.1) is 12.6 Å². The summed E-state index contributed by atoms with van der Waals surface area (Å²) in [6, 6.07) is 8.58. The minimum Gasteiger partial charge on any atom is -0.391 e. The topological polar surface area (TPSA) is 113 Å². The molecule has 5 atom stereocenters. The van der Waals surface area contributed by atoms with Crippen molar-refractivity contribution in [1.29, 1.82) is 0 Å². The second-order valence-electron chi connectivity index (χ2n) is 7.07. The number of aliphatic hydroxyl groups is 1. The summed E-state index contributed by atoms with van der Waals surface area (Å²) in [5.74, 6) is -1.79. The number of nitrogens with one attached hydrogen (secondary N) is 1. The molecule has 3 unspecified atom stereocenters. The van der Waals surface area contributed by atoms with E-state index in [2.05, 4.69) is 5.32 Å². The zero-order valence-electron chi connectivity index (χ0n) is 14.3. The molecule has 2 fully saturated rings. The van der Waals surface area contributed by atoms with E-state index in [1.54, 1.807) is 0 Å². The van der Waals surface area contributed by atoms with E-state index in [9.17, 15) is 19.5 Å². The van der Waals surface area contributed by atoms with Crippen LogP contribution in [0.4, 0.5) is 0 Å². The van der Waals surface area contributed by atoms with Gasteiger partial charge in [-0.2, -0.15) is 0 Å². The number of nitrogens with zero attached hydrogens (tertiary/aromatic N) is 1. The maximum atomic E-state index is 12.8. The lowest BCUT2D eigenvalue weighted by molar-refractivity contribution is -0.166. The van der Waals surface area contributed by atoms with Gasteiger partial charge in [-0.15, -0.1) is 0 Å². The summed E-state index contributed by atoms with van der Waals surface area (Å²) in [5, 5.41) is 12.6. The van der Waals surface area contributed by atoms with Crippen molar-refractivity contribution in [3.05, 3.63) is 35.9 Å². The van der Waals surface area contributed by atoms with E-state index in [1.165, 1.54) is 11.8 Å². The number of aliphatic hydroxyl groups excluding tert-OH is 1. The Morgan fingerprint density at radius 1 is 1.40 bits per heavy atom. The van der Waals surface area contributed by atoms with Crippen molar-refractivity contribution in [1.82, 2.24) is 10.2 Å². The highest BCUT2D eigenvalue weighted by Crippen LogP contribution is 2.42. The predicted octanol–water partition coefficient (Wildman–Crippen LogP) is -0.573. The van der Waals surface area contributed by atoms with Crippen LogP contribution < -0.4 is 11.1 Å². The molecule has 2 heterocycles. The van der Waals surface area contributed by atoms with Gasteiger partial charge in [0.25, 0.3) is 5.91 Å². The largest absolute Gasteiger partial charge is 0.391 e. The standard InChI is InChI=1S/C18H23N3O4/c1-10-13(8-12-6-4-3-5-7-12)16(24)20-18(10)9-21(17(18)25)14(11(2)22)15(19)23/h3-7,10-11,13-14,22H,8-9H2,1-2H3,(H2,19,23)(H,20,24)/t10?,11-,13?,14+,18?/m1/s1. The van der Waals surface area contributed by atoms with E-state index in [-0.39, 0.29) is 30.2 Å². The Balaban J connectivity index is 1.77. The maximum absolute atomic E-state index is 12.8. The van der Waals surface area contributed by atoms with Gasteiger partial charge in [0.1, 0.15) is 11.6 Å². The maximum Gasteiger partial charge on any atom is 0.251 e. The van der Waals surface area contributed by atoms with Gasteiger partial charge in [-0.05, 0) is 18.9 Å². The molecule has 1 spiro atoms. The summed E-state index contributed by atoms with van der Waals surface area (Å²) in [6.45, 7) is 3.48. The van der Waals surface area contributed by atoms with Crippen LogP contribution >= 0.6 is 0 Å². The molecule has 25 heavy (non-hydrogen) atoms. The third kappa shape index (κ3) is 2.68. The molecular formula is C18H23N3O4. The van der Waals surface area contributed by atoms with Crippen molar-refractivity contribution in [2.45, 2.75) is 38.0 Å². The Labute approximate surface area is 146 Å². The molecule has 2 aliphatic rings. The summed E-state index contributed by atoms with van der Waals surface area (Å²) in [5.41, 5.74) is 5.34. The number of carbonyl (C=O) groups excluding carboxylic acids is 3. The Morgan fingerprint density at radius 2 is 2.04 bits per heavy atom. The smallest absolute Gasteiger partial charge is 0.251 e. The van der Waals surface area contributed by atoms with Crippen molar-refractivity contribution < 1.29 is 19.5 Å². The van der Waals surface area contributed by atoms with Gasteiger partial charge in [-0.25, -0.2) is 0 Å². The lowest BCUT2D eigenvalue weighted by Crippen LogP contribution is -2.78. The van der Waals surface area contributed by atoms with Gasteiger partial charge in [0.15, 0.2) is 0 Å². The average Bonchev–Trinajstić information content (AvgIpc) is 2.81. The first-order valence-electron chi connectivity index (χ1n) is 8.42. The molecule has 0 saturated carbocycles. The van der Waals surface area contributed by atoms with Crippen LogP contribution in [0.3, 0.4) is 0 Å². The minimum atomic E-state index is -1.07. The van der Waals surface area contributed by atoms with E-state index < -0.39 is 23.6 Å². The summed E-state index contributed by atoms with van der Waals surface area (Å²) in [7, 11) is 0. The van der Waals surface area contributed by atoms with Crippen molar-refractivity contribution >= 4 is 17.7 Å². The quantitative estimate of drug-likeness (QED) is 0.620. The third-order valence-electron chi connectivity index (χ3n) is 5.51. The van der Waals surface area contributed by atoms with Gasteiger partial charge < -0.3 is 21.1 Å². The second kappa shape index (κ2) is 6.15. The van der Waals surface area contributed by atoms with Crippen LogP contribution in [0.15, 0.2) is 30.3 Å². The molecule has 3 rings (SSSR count). The van der Waals surface area contributed by atoms with E-state index in [4.69, 9.17) is 5.73 Å². The van der Waals surface area contributed by atoms with Crippen LogP contribution in [-0.2, 0) is 20.8 Å². The molecule has 0 aliphatic carbocycles. The first kappa shape index (κ1) is 17.4. The normalized spacial score (nSPS) is 30.8. The van der Waals surface area contributed by atoms with Crippen LogP contribution in [0.25, 0.3) is 0 Å². The summed E-state index contributed by atoms with van der Waals surface area (Å²) in [4.78, 5) is 38.1. The van der Waals surface area contributed by atoms with Crippen LogP contribution in [0.5, 0.6) is 0 Å². The number of amides is 3. The highest BCUT2D eigenvalue weighted by Gasteiger charge is 2.65. The number of benzene rings is 1. The number of rotatable bonds is 5. The number of primary amides is 1. The predicted molar refractivity (Wildman–Crippen MR) is 90.0 cm³/mol. The lowest BCUT2D eigenvalue weighted by Gasteiger charge is -2.51. The number of β-lactam (4-membered cyclic amide) rings is 1. The molecule has 0 aromatic heterocycles. The second-order valence-corrected chi connectivity index (χ2v) is 7.07. The number of hydrogen-bond donors (Lipinski definition) is 3. The Kier molecular flexibility index (Phi) is 4.28. The van der Waals surface area contributed by atoms with E-state index >= 15 is 0 Å². The van der Waals surface area contributed by atoms with Crippen molar-refractivity contribution in [2.24, 2.45) is 17.6 Å². The van der Waals surface area contributed by atoms with Gasteiger partial charge in [-0.1, -0.05) is 37.3 Å². The first-order chi connectivity index (χ1) is 11.8. The van der Waals surface area contributed by atoms with Crippen molar-refractivity contribution in [3.8, 4) is 0 Å². The minimum absolute atomic E-state index is 0.156. The molecule has 2 saturated heterocycles. The molecule has 0 bridgehead atoms. The van der Waals surface area contributed by atoms with E-state index in [0.717, 1.165) is 5.56 Å². The van der Waals surface area contributed by atoms with E-state index in [1.807, 2.05) is 37.3 Å². The average molecular weight is 345 g/mol. The first-order valence-corrected chi connectivity index (χ1v) is 8.42. The summed E-state index contributed by atoms with van der Waals surface area (Å²) < 4.78 is 0. The summed E-state index contributed by atoms with van der Waals surface area (Å²) in [6.07, 6.45) is -0.509. The van der Waals surface area contributed by atoms with Crippen LogP contribution in [0, 0.1) is 11.8 Å². The van der Waals surface area contributed by atoms with Crippen LogP contribution in [0.1, 0.15) is 19.4 Å². The SMILES string of the molecule is CC1C(Cc2ccccc2)C(=O)NC12CN([C@H](C(N)=O)[C@@H](C)O)C2=O. The fourth-order valence-corrected chi connectivity index (χ4v) is 4.02. The fourth-order valence-electron chi connectivity index (χ4n) is 4.02. The molecule has 134 valence electrons. The van der Waals surface area contributed by atoms with E-state index in [0.29, 0.717) is 6.42 Å². The van der Waals surface area contributed by atoms with Crippen molar-refractivity contribution in [2.75, 3.05) is 6.54 Å². The molecule has 7 nitrogen and oxygen atoms in total. The molecule has 3 amide bonds. The number of nitrogens with two attached hydrogens (primary N) is 1. The molecule has 1 aromatic rings. The van der Waals surface area contributed by atoms with Gasteiger partial charge in [-0.3, -0.25) is 14.4 Å². The highest BCUT2D eigenvalue weighted by atomic mass is 16.3. The third-order valence-corrected chi connectivity index (χ3v) is 5.51. The molecule has 1 aromatic carbocycles. The van der Waals surface area contributed by atoms with Gasteiger partial charge in [0.2, 0.25) is 11.8 Å². The summed E-state index contributed by atoms with van der Waals surface area (Å²) >= 11 is 0. The zero-order valence-corrected chi connectivity index (χ0v) is 14.3. The molecule has 4 N–H and O–H groups in total. The van der Waals surface area contributed by atoms with Gasteiger partial charge in [0, 0.05) is 11.8 Å². The molecule has 2 aliphatic heterocycles. The highest BCUT2D eigenvalue weighted by molar-refractivity contribution is 6.03. The zero-order chi connectivity index (χ0) is 18.4. The Morgan fingerprint density at radius 3 is 2.56 bits per heavy atom. The number of carbonyl (C=O) groups is 3. The Bertz CT molecular complexity index is 706. The van der Waals surface area contributed by atoms with Crippen LogP contribution in [0.2, 0.25) is 0 Å². The number of likely N-dealkylation sites (tertiary alicyclic amines) is 1.